The van der Waals surface area contributed by atoms with Crippen molar-refractivity contribution in [3.05, 3.63) is 58.9 Å². The van der Waals surface area contributed by atoms with E-state index in [2.05, 4.69) is 5.32 Å². The molecule has 3 rings (SSSR count). The van der Waals surface area contributed by atoms with E-state index in [1.54, 1.807) is 24.8 Å². The second-order valence-corrected chi connectivity index (χ2v) is 7.01. The molecule has 0 unspecified atom stereocenters. The molecule has 0 aliphatic carbocycles. The average Bonchev–Trinajstić information content (AvgIpc) is 2.91. The van der Waals surface area contributed by atoms with Crippen LogP contribution in [-0.4, -0.2) is 16.1 Å². The summed E-state index contributed by atoms with van der Waals surface area (Å²) in [5, 5.41) is 3.54. The molecule has 3 aromatic rings. The number of amides is 1. The monoisotopic (exact) mass is 344 g/mol. The first kappa shape index (κ1) is 15.8. The number of nitrogens with one attached hydrogen (secondary N) is 1. The third-order valence-electron chi connectivity index (χ3n) is 3.58. The first-order valence-corrected chi connectivity index (χ1v) is 9.15. The van der Waals surface area contributed by atoms with E-state index in [1.807, 2.05) is 48.7 Å². The highest BCUT2D eigenvalue weighted by molar-refractivity contribution is 7.98. The largest absolute Gasteiger partial charge is 0.324 e. The Labute approximate surface area is 142 Å². The number of aromatic nitrogens is 1. The molecule has 0 saturated heterocycles. The lowest BCUT2D eigenvalue weighted by Crippen LogP contribution is -2.28. The maximum Gasteiger partial charge on any atom is 0.269 e. The molecular weight excluding hydrogens is 328 g/mol. The smallest absolute Gasteiger partial charge is 0.269 e. The molecule has 0 aliphatic heterocycles. The van der Waals surface area contributed by atoms with Crippen LogP contribution < -0.4 is 10.9 Å². The molecule has 1 amide bonds. The van der Waals surface area contributed by atoms with Gasteiger partial charge in [-0.1, -0.05) is 29.7 Å². The highest BCUT2D eigenvalue weighted by Gasteiger charge is 2.19. The molecule has 0 saturated carbocycles. The zero-order chi connectivity index (χ0) is 16.4. The summed E-state index contributed by atoms with van der Waals surface area (Å²) in [6.07, 6.45) is 1.99. The first-order valence-electron chi connectivity index (χ1n) is 7.15. The SMILES string of the molecule is CSc1cccc(NC(=O)[C@@H](C)n2sc3ccccc3c2=O)c1. The molecule has 2 aromatic carbocycles. The summed E-state index contributed by atoms with van der Waals surface area (Å²) >= 11 is 2.93. The van der Waals surface area contributed by atoms with E-state index in [-0.39, 0.29) is 11.5 Å². The van der Waals surface area contributed by atoms with Crippen molar-refractivity contribution in [3.63, 3.8) is 0 Å². The Balaban J connectivity index is 1.86. The van der Waals surface area contributed by atoms with Gasteiger partial charge in [0.15, 0.2) is 0 Å². The predicted molar refractivity (Wildman–Crippen MR) is 97.6 cm³/mol. The van der Waals surface area contributed by atoms with Gasteiger partial charge in [-0.3, -0.25) is 13.5 Å². The Bertz CT molecular complexity index is 914. The lowest BCUT2D eigenvalue weighted by atomic mass is 10.2. The zero-order valence-corrected chi connectivity index (χ0v) is 14.4. The van der Waals surface area contributed by atoms with Gasteiger partial charge in [-0.25, -0.2) is 0 Å². The number of hydrogen-bond donors (Lipinski definition) is 1. The minimum absolute atomic E-state index is 0.119. The number of carbonyl (C=O) groups excluding carboxylic acids is 1. The van der Waals surface area contributed by atoms with E-state index in [0.29, 0.717) is 5.39 Å². The van der Waals surface area contributed by atoms with E-state index >= 15 is 0 Å². The van der Waals surface area contributed by atoms with Crippen LogP contribution in [0, 0.1) is 0 Å². The Hall–Kier alpha value is -2.05. The first-order chi connectivity index (χ1) is 11.1. The maximum atomic E-state index is 12.5. The van der Waals surface area contributed by atoms with Gasteiger partial charge < -0.3 is 5.32 Å². The molecule has 4 nitrogen and oxygen atoms in total. The van der Waals surface area contributed by atoms with Gasteiger partial charge in [0.2, 0.25) is 5.91 Å². The summed E-state index contributed by atoms with van der Waals surface area (Å²) in [5.41, 5.74) is 0.619. The van der Waals surface area contributed by atoms with Gasteiger partial charge >= 0.3 is 0 Å². The van der Waals surface area contributed by atoms with E-state index in [4.69, 9.17) is 0 Å². The van der Waals surface area contributed by atoms with Gasteiger partial charge in [-0.2, -0.15) is 0 Å². The Morgan fingerprint density at radius 3 is 2.74 bits per heavy atom. The Kier molecular flexibility index (Phi) is 4.54. The summed E-state index contributed by atoms with van der Waals surface area (Å²) < 4.78 is 2.42. The van der Waals surface area contributed by atoms with Crippen molar-refractivity contribution in [3.8, 4) is 0 Å². The normalized spacial score (nSPS) is 12.3. The highest BCUT2D eigenvalue weighted by Crippen LogP contribution is 2.22. The van der Waals surface area contributed by atoms with Crippen LogP contribution in [0.5, 0.6) is 0 Å². The van der Waals surface area contributed by atoms with E-state index < -0.39 is 6.04 Å². The van der Waals surface area contributed by atoms with Crippen molar-refractivity contribution in [2.75, 3.05) is 11.6 Å². The van der Waals surface area contributed by atoms with Crippen molar-refractivity contribution in [2.45, 2.75) is 17.9 Å². The maximum absolute atomic E-state index is 12.5. The van der Waals surface area contributed by atoms with Crippen LogP contribution in [0.25, 0.3) is 10.1 Å². The number of carbonyl (C=O) groups is 1. The molecule has 0 radical (unpaired) electrons. The second-order valence-electron chi connectivity index (χ2n) is 5.12. The van der Waals surface area contributed by atoms with Gasteiger partial charge in [-0.15, -0.1) is 11.8 Å². The summed E-state index contributed by atoms with van der Waals surface area (Å²) in [5.74, 6) is -0.197. The summed E-state index contributed by atoms with van der Waals surface area (Å²) in [6.45, 7) is 1.74. The fourth-order valence-corrected chi connectivity index (χ4v) is 3.80. The number of thioether (sulfide) groups is 1. The Morgan fingerprint density at radius 2 is 2.00 bits per heavy atom. The van der Waals surface area contributed by atoms with Crippen molar-refractivity contribution in [1.29, 1.82) is 0 Å². The number of nitrogens with zero attached hydrogens (tertiary/aromatic N) is 1. The van der Waals surface area contributed by atoms with Gasteiger partial charge in [0.25, 0.3) is 5.56 Å². The van der Waals surface area contributed by atoms with Crippen LogP contribution in [-0.2, 0) is 4.79 Å². The number of hydrogen-bond acceptors (Lipinski definition) is 4. The molecule has 23 heavy (non-hydrogen) atoms. The third-order valence-corrected chi connectivity index (χ3v) is 5.54. The topological polar surface area (TPSA) is 51.1 Å². The van der Waals surface area contributed by atoms with Crippen LogP contribution in [0.2, 0.25) is 0 Å². The molecule has 1 heterocycles. The predicted octanol–water partition coefficient (Wildman–Crippen LogP) is 3.98. The minimum atomic E-state index is -0.558. The van der Waals surface area contributed by atoms with Crippen LogP contribution in [0.15, 0.2) is 58.2 Å². The van der Waals surface area contributed by atoms with Gasteiger partial charge in [0.1, 0.15) is 6.04 Å². The summed E-state index contributed by atoms with van der Waals surface area (Å²) in [7, 11) is 0. The zero-order valence-electron chi connectivity index (χ0n) is 12.8. The standard InChI is InChI=1S/C17H16N2O2S2/c1-11(16(20)18-12-6-5-7-13(10-12)22-2)19-17(21)14-8-3-4-9-15(14)23-19/h3-11H,1-2H3,(H,18,20)/t11-/m1/s1. The molecule has 0 aliphatic rings. The van der Waals surface area contributed by atoms with E-state index in [9.17, 15) is 9.59 Å². The molecule has 0 bridgehead atoms. The molecule has 0 spiro atoms. The van der Waals surface area contributed by atoms with Crippen LogP contribution in [0.4, 0.5) is 5.69 Å². The van der Waals surface area contributed by atoms with Crippen molar-refractivity contribution >= 4 is 45.0 Å². The van der Waals surface area contributed by atoms with Gasteiger partial charge in [0.05, 0.1) is 10.1 Å². The van der Waals surface area contributed by atoms with E-state index in [1.165, 1.54) is 15.5 Å². The van der Waals surface area contributed by atoms with Crippen molar-refractivity contribution in [2.24, 2.45) is 0 Å². The lowest BCUT2D eigenvalue weighted by molar-refractivity contribution is -0.118. The number of benzene rings is 2. The summed E-state index contributed by atoms with van der Waals surface area (Å²) in [4.78, 5) is 26.0. The van der Waals surface area contributed by atoms with Gasteiger partial charge in [-0.05, 0) is 43.5 Å². The average molecular weight is 344 g/mol. The summed E-state index contributed by atoms with van der Waals surface area (Å²) in [6, 6.07) is 14.5. The molecule has 1 aromatic heterocycles. The molecule has 1 atom stereocenters. The van der Waals surface area contributed by atoms with Crippen molar-refractivity contribution < 1.29 is 4.79 Å². The highest BCUT2D eigenvalue weighted by atomic mass is 32.2. The number of rotatable bonds is 4. The number of fused-ring (bicyclic) bond motifs is 1. The van der Waals surface area contributed by atoms with Crippen LogP contribution >= 0.6 is 23.3 Å². The minimum Gasteiger partial charge on any atom is -0.324 e. The number of anilines is 1. The lowest BCUT2D eigenvalue weighted by Gasteiger charge is -2.12. The quantitative estimate of drug-likeness (QED) is 0.728. The Morgan fingerprint density at radius 1 is 1.22 bits per heavy atom. The fourth-order valence-electron chi connectivity index (χ4n) is 2.30. The van der Waals surface area contributed by atoms with Crippen molar-refractivity contribution in [1.82, 2.24) is 3.96 Å². The molecule has 118 valence electrons. The fraction of sp³-hybridized carbons (Fsp3) is 0.176. The van der Waals surface area contributed by atoms with Crippen LogP contribution in [0.1, 0.15) is 13.0 Å². The van der Waals surface area contributed by atoms with E-state index in [0.717, 1.165) is 15.3 Å². The third kappa shape index (κ3) is 3.18. The van der Waals surface area contributed by atoms with Gasteiger partial charge in [0, 0.05) is 10.6 Å². The second kappa shape index (κ2) is 6.60. The molecular formula is C17H16N2O2S2. The molecule has 0 fully saturated rings. The van der Waals surface area contributed by atoms with Crippen LogP contribution in [0.3, 0.4) is 0 Å². The molecule has 6 heteroatoms. The molecule has 1 N–H and O–H groups in total.